The number of carbonyl (C=O) groups is 2. The number of aliphatic hydroxyl groups is 10. The molecule has 71 heavy (non-hydrogen) atoms. The molecule has 0 aliphatic carbocycles. The van der Waals surface area contributed by atoms with Crippen LogP contribution in [0.2, 0.25) is 5.15 Å². The van der Waals surface area contributed by atoms with E-state index in [9.17, 15) is 50.4 Å². The van der Waals surface area contributed by atoms with Gasteiger partial charge in [-0.3, -0.25) is 25.2 Å². The first-order chi connectivity index (χ1) is 33.9. The van der Waals surface area contributed by atoms with Gasteiger partial charge >= 0.3 is 0 Å². The van der Waals surface area contributed by atoms with Crippen LogP contribution in [-0.2, 0) is 24.1 Å². The number of aryl methyl sites for hydroxylation is 3. The van der Waals surface area contributed by atoms with Gasteiger partial charge in [0.05, 0.1) is 32.0 Å². The summed E-state index contributed by atoms with van der Waals surface area (Å²) in [5.74, 6) is -1.36. The zero-order valence-corrected chi connectivity index (χ0v) is 40.1. The minimum atomic E-state index is -1.87. The van der Waals surface area contributed by atoms with Crippen molar-refractivity contribution in [1.82, 2.24) is 30.8 Å². The van der Waals surface area contributed by atoms with Gasteiger partial charge in [-0.05, 0) is 91.4 Å². The average Bonchev–Trinajstić information content (AvgIpc) is 3.37. The number of unbranched alkanes of at least 4 members (excludes halogenated alkanes) is 1. The van der Waals surface area contributed by atoms with Gasteiger partial charge in [-0.25, -0.2) is 9.97 Å². The van der Waals surface area contributed by atoms with E-state index < -0.39 is 68.0 Å². The molecule has 4 aromatic rings. The number of amides is 2. The summed E-state index contributed by atoms with van der Waals surface area (Å²) < 4.78 is 0. The van der Waals surface area contributed by atoms with Crippen molar-refractivity contribution in [2.45, 2.75) is 93.8 Å². The van der Waals surface area contributed by atoms with Crippen molar-refractivity contribution < 1.29 is 60.7 Å². The molecule has 1 heterocycles. The molecule has 0 aliphatic rings. The van der Waals surface area contributed by atoms with Crippen LogP contribution in [0.5, 0.6) is 0 Å². The summed E-state index contributed by atoms with van der Waals surface area (Å²) in [5, 5.41) is 119. The molecule has 19 N–H and O–H groups in total. The predicted molar refractivity (Wildman–Crippen MR) is 267 cm³/mol. The van der Waals surface area contributed by atoms with Crippen molar-refractivity contribution >= 4 is 46.7 Å². The molecular formula is C48H69ClN10O12. The molecule has 1 aromatic heterocycles. The van der Waals surface area contributed by atoms with E-state index in [4.69, 9.17) is 38.7 Å². The van der Waals surface area contributed by atoms with E-state index in [-0.39, 0.29) is 60.5 Å². The Kier molecular flexibility index (Phi) is 24.2. The lowest BCUT2D eigenvalue weighted by atomic mass is 9.99. The monoisotopic (exact) mass is 1010 g/mol. The molecule has 0 spiro atoms. The van der Waals surface area contributed by atoms with Gasteiger partial charge in [0.15, 0.2) is 28.4 Å². The van der Waals surface area contributed by atoms with Gasteiger partial charge < -0.3 is 78.5 Å². The van der Waals surface area contributed by atoms with Crippen LogP contribution in [0.15, 0.2) is 72.8 Å². The second-order valence-electron chi connectivity index (χ2n) is 17.2. The average molecular weight is 1010 g/mol. The Balaban J connectivity index is 1.11. The lowest BCUT2D eigenvalue weighted by Crippen LogP contribution is -2.53. The maximum atomic E-state index is 12.6. The summed E-state index contributed by atoms with van der Waals surface area (Å²) in [6.07, 6.45) is -9.25. The fraction of sp³-hybridized carbons (Fsp3) is 0.479. The topological polar surface area (TPSA) is 389 Å². The lowest BCUT2D eigenvalue weighted by Gasteiger charge is -2.33. The minimum absolute atomic E-state index is 0.0678. The number of rotatable bonds is 30. The molecular weight excluding hydrogens is 944 g/mol. The Morgan fingerprint density at radius 1 is 0.606 bits per heavy atom. The molecule has 0 radical (unpaired) electrons. The zero-order chi connectivity index (χ0) is 52.0. The summed E-state index contributed by atoms with van der Waals surface area (Å²) in [4.78, 5) is 34.0. The van der Waals surface area contributed by atoms with Crippen LogP contribution >= 0.6 is 11.6 Å². The zero-order valence-electron chi connectivity index (χ0n) is 39.3. The quantitative estimate of drug-likeness (QED) is 0.0161. The minimum Gasteiger partial charge on any atom is -0.394 e. The highest BCUT2D eigenvalue weighted by Crippen LogP contribution is 2.22. The molecule has 0 aliphatic heterocycles. The fourth-order valence-electron chi connectivity index (χ4n) is 7.41. The van der Waals surface area contributed by atoms with Crippen LogP contribution in [-0.4, -0.2) is 185 Å². The van der Waals surface area contributed by atoms with Crippen molar-refractivity contribution in [3.8, 4) is 11.1 Å². The van der Waals surface area contributed by atoms with Gasteiger partial charge in [-0.1, -0.05) is 72.3 Å². The van der Waals surface area contributed by atoms with Gasteiger partial charge in [0.1, 0.15) is 36.6 Å². The van der Waals surface area contributed by atoms with Crippen molar-refractivity contribution in [1.29, 1.82) is 5.41 Å². The highest BCUT2D eigenvalue weighted by molar-refractivity contribution is 6.31. The number of benzene rings is 3. The van der Waals surface area contributed by atoms with Crippen molar-refractivity contribution in [3.05, 3.63) is 100 Å². The Bertz CT molecular complexity index is 2220. The summed E-state index contributed by atoms with van der Waals surface area (Å²) in [7, 11) is 0. The molecule has 2 amide bonds. The smallest absolute Gasteiger partial charge is 0.280 e. The number of halogens is 1. The van der Waals surface area contributed by atoms with Gasteiger partial charge in [0, 0.05) is 31.9 Å². The number of guanidine groups is 1. The number of hydrogen-bond acceptors (Lipinski definition) is 19. The molecule has 0 unspecified atom stereocenters. The van der Waals surface area contributed by atoms with Crippen LogP contribution in [0.25, 0.3) is 11.1 Å². The highest BCUT2D eigenvalue weighted by Gasteiger charge is 2.34. The van der Waals surface area contributed by atoms with Crippen LogP contribution in [0.1, 0.15) is 52.9 Å². The van der Waals surface area contributed by atoms with Gasteiger partial charge in [-0.2, -0.15) is 0 Å². The molecule has 22 nitrogen and oxygen atoms in total. The highest BCUT2D eigenvalue weighted by atomic mass is 35.5. The Morgan fingerprint density at radius 3 is 1.59 bits per heavy atom. The van der Waals surface area contributed by atoms with Gasteiger partial charge in [0.25, 0.3) is 5.91 Å². The molecule has 8 atom stereocenters. The van der Waals surface area contributed by atoms with E-state index in [0.717, 1.165) is 60.0 Å². The van der Waals surface area contributed by atoms with Crippen LogP contribution in [0.4, 0.5) is 17.3 Å². The van der Waals surface area contributed by atoms with Crippen molar-refractivity contribution in [2.24, 2.45) is 0 Å². The SMILES string of the molecule is N=C(NCCCCc1ccc(-c2ccc(CCCNC(=O)CNc3ccc(CCCN(C[C@H](O)[C@@H](O)[C@H](O)[C@H](O)CO)C[C@H](O)[C@@H](O)[C@H](O)[C@H](O)CO)cc3)cc2)cc1)NC(=O)c1nc(Cl)c(N)nc1N. The first kappa shape index (κ1) is 58.0. The molecule has 23 heteroatoms. The number of aromatic nitrogens is 2. The van der Waals surface area contributed by atoms with Crippen molar-refractivity contribution in [2.75, 3.05) is 69.3 Å². The molecule has 0 fully saturated rings. The summed E-state index contributed by atoms with van der Waals surface area (Å²) in [5.41, 5.74) is 17.2. The largest absolute Gasteiger partial charge is 0.394 e. The number of nitrogens with two attached hydrogens (primary N) is 2. The molecule has 0 saturated heterocycles. The molecule has 0 bridgehead atoms. The number of carbonyl (C=O) groups excluding carboxylic acids is 2. The van der Waals surface area contributed by atoms with Gasteiger partial charge in [0.2, 0.25) is 5.91 Å². The van der Waals surface area contributed by atoms with E-state index in [1.807, 2.05) is 24.3 Å². The van der Waals surface area contributed by atoms with E-state index in [1.54, 1.807) is 0 Å². The lowest BCUT2D eigenvalue weighted by molar-refractivity contribution is -0.130. The normalized spacial score (nSPS) is 14.9. The second-order valence-corrected chi connectivity index (χ2v) is 17.6. The first-order valence-corrected chi connectivity index (χ1v) is 23.7. The molecule has 3 aromatic carbocycles. The van der Waals surface area contributed by atoms with Crippen LogP contribution in [0, 0.1) is 5.41 Å². The van der Waals surface area contributed by atoms with E-state index in [2.05, 4.69) is 79.8 Å². The number of aliphatic hydroxyl groups excluding tert-OH is 10. The fourth-order valence-corrected chi connectivity index (χ4v) is 7.54. The first-order valence-electron chi connectivity index (χ1n) is 23.3. The van der Waals surface area contributed by atoms with E-state index in [1.165, 1.54) is 10.5 Å². The van der Waals surface area contributed by atoms with Crippen LogP contribution in [0.3, 0.4) is 0 Å². The maximum Gasteiger partial charge on any atom is 0.280 e. The van der Waals surface area contributed by atoms with Gasteiger partial charge in [-0.15, -0.1) is 0 Å². The third-order valence-electron chi connectivity index (χ3n) is 11.6. The Morgan fingerprint density at radius 2 is 1.07 bits per heavy atom. The molecule has 390 valence electrons. The van der Waals surface area contributed by atoms with E-state index in [0.29, 0.717) is 25.9 Å². The predicted octanol–water partition coefficient (Wildman–Crippen LogP) is -1.49. The van der Waals surface area contributed by atoms with Crippen LogP contribution < -0.4 is 32.7 Å². The summed E-state index contributed by atoms with van der Waals surface area (Å²) >= 11 is 5.83. The standard InChI is InChI=1S/C48H69ClN10O12/c49-44-46(51)57-45(50)39(56-44)47(71)58-48(52)54-20-2-1-5-28-8-14-31(15-9-28)32-16-10-29(11-17-32)6-3-21-53-38(66)23-55-33-18-12-30(13-19-33)7-4-22-59(24-34(62)40(67)42(69)36(64)26-60)25-35(63)41(68)43(70)37(65)27-61/h8-19,34-37,40-43,55,60-65,67-70H,1-7,20-27H2,(H,53,66)(H4,50,51,57)(H3,52,54,58,71)/t34-,35-,36+,37+,40+,41+,42+,43+/m0/s1. The Labute approximate surface area is 416 Å². The Hall–Kier alpha value is -5.60. The summed E-state index contributed by atoms with van der Waals surface area (Å²) in [6.45, 7) is -1.19. The number of nitrogens with zero attached hydrogens (tertiary/aromatic N) is 3. The van der Waals surface area contributed by atoms with Crippen molar-refractivity contribution in [3.63, 3.8) is 0 Å². The molecule has 4 rings (SSSR count). The number of hydrogen-bond donors (Lipinski definition) is 17. The molecule has 0 saturated carbocycles. The number of anilines is 3. The third-order valence-corrected chi connectivity index (χ3v) is 11.9. The third kappa shape index (κ3) is 19.2. The summed E-state index contributed by atoms with van der Waals surface area (Å²) in [6, 6.07) is 24.1. The number of nitrogen functional groups attached to an aromatic ring is 2. The number of nitrogens with one attached hydrogen (secondary N) is 5. The second kappa shape index (κ2) is 29.7. The van der Waals surface area contributed by atoms with E-state index >= 15 is 0 Å². The maximum absolute atomic E-state index is 12.6.